The van der Waals surface area contributed by atoms with Crippen LogP contribution in [0.15, 0.2) is 116 Å². The van der Waals surface area contributed by atoms with Crippen LogP contribution in [0.3, 0.4) is 0 Å². The van der Waals surface area contributed by atoms with Crippen LogP contribution in [0.1, 0.15) is 114 Å². The van der Waals surface area contributed by atoms with E-state index in [1.165, 1.54) is 38.5 Å². The Morgan fingerprint density at radius 1 is 0.458 bits per heavy atom. The van der Waals surface area contributed by atoms with Crippen LogP contribution in [0.25, 0.3) is 32.7 Å². The third-order valence-electron chi connectivity index (χ3n) is 18.8. The van der Waals surface area contributed by atoms with Crippen LogP contribution in [0, 0.1) is 35.5 Å². The number of rotatable bonds is 15. The molecule has 0 amide bonds. The Morgan fingerprint density at radius 2 is 0.806 bits per heavy atom. The molecule has 13 heterocycles. The van der Waals surface area contributed by atoms with Gasteiger partial charge in [-0.2, -0.15) is 9.97 Å². The van der Waals surface area contributed by atoms with Gasteiger partial charge < -0.3 is 14.2 Å². The molecule has 9 fully saturated rings. The van der Waals surface area contributed by atoms with E-state index in [4.69, 9.17) is 39.1 Å². The summed E-state index contributed by atoms with van der Waals surface area (Å²) >= 11 is 0. The highest BCUT2D eigenvalue weighted by atomic mass is 16.5. The summed E-state index contributed by atoms with van der Waals surface area (Å²) in [6.07, 6.45) is 15.3. The molecule has 9 saturated heterocycles. The SMILES string of the molecule is CCC1CN2CCC1C[C@@H]2[C@@H](Oc1cc(O[C@@H](c2ccnc3ccccc23)[C@@H]2CC3CCN2CC3CC)nc(O[C@@H](c2ccnc3ccccc23)[C@H]2CC3CC[N@]2CC3CC)n1)c1ccnc2ccccc12. The number of piperidine rings is 9. The number of pyridine rings is 3. The van der Waals surface area contributed by atoms with Gasteiger partial charge in [0.1, 0.15) is 18.3 Å². The maximum atomic E-state index is 7.59. The van der Waals surface area contributed by atoms with Crippen LogP contribution in [0.2, 0.25) is 0 Å². The number of fused-ring (bicyclic) bond motifs is 12. The number of ether oxygens (including phenoxy) is 3. The van der Waals surface area contributed by atoms with Gasteiger partial charge in [-0.15, -0.1) is 0 Å². The number of hydrogen-bond acceptors (Lipinski definition) is 11. The van der Waals surface area contributed by atoms with Crippen LogP contribution in [0.5, 0.6) is 17.8 Å². The van der Waals surface area contributed by atoms with Gasteiger partial charge in [-0.05, 0) is 130 Å². The fourth-order valence-corrected chi connectivity index (χ4v) is 14.9. The summed E-state index contributed by atoms with van der Waals surface area (Å²) in [5, 5.41) is 3.31. The molecular weight excluding hydrogens is 893 g/mol. The lowest BCUT2D eigenvalue weighted by Crippen LogP contribution is -2.56. The van der Waals surface area contributed by atoms with Crippen molar-refractivity contribution in [2.75, 3.05) is 39.3 Å². The largest absolute Gasteiger partial charge is 0.467 e. The lowest BCUT2D eigenvalue weighted by molar-refractivity contribution is -0.0552. The van der Waals surface area contributed by atoms with E-state index in [0.717, 1.165) is 108 Å². The zero-order valence-electron chi connectivity index (χ0n) is 42.3. The average molecular weight is 963 g/mol. The summed E-state index contributed by atoms with van der Waals surface area (Å²) in [7, 11) is 0. The first-order valence-electron chi connectivity index (χ1n) is 27.6. The Morgan fingerprint density at radius 3 is 1.14 bits per heavy atom. The summed E-state index contributed by atoms with van der Waals surface area (Å²) < 4.78 is 22.7. The molecule has 15 atom stereocenters. The molecule has 8 unspecified atom stereocenters. The number of para-hydroxylation sites is 3. The molecule has 9 aliphatic heterocycles. The van der Waals surface area contributed by atoms with Gasteiger partial charge >= 0.3 is 6.01 Å². The van der Waals surface area contributed by atoms with Crippen LogP contribution in [0.4, 0.5) is 0 Å². The van der Waals surface area contributed by atoms with Crippen LogP contribution >= 0.6 is 0 Å². The molecule has 0 radical (unpaired) electrons. The first kappa shape index (κ1) is 46.1. The van der Waals surface area contributed by atoms with Crippen LogP contribution in [-0.4, -0.2) is 97.0 Å². The molecule has 72 heavy (non-hydrogen) atoms. The Labute approximate surface area is 424 Å². The first-order chi connectivity index (χ1) is 35.5. The zero-order chi connectivity index (χ0) is 48.3. The highest BCUT2D eigenvalue weighted by Crippen LogP contribution is 2.48. The van der Waals surface area contributed by atoms with Crippen molar-refractivity contribution in [3.63, 3.8) is 0 Å². The fraction of sp³-hybridized carbons (Fsp3) is 0.492. The summed E-state index contributed by atoms with van der Waals surface area (Å²) in [4.78, 5) is 33.3. The van der Waals surface area contributed by atoms with E-state index in [2.05, 4.69) is 126 Å². The van der Waals surface area contributed by atoms with Crippen molar-refractivity contribution in [2.24, 2.45) is 35.5 Å². The molecule has 0 spiro atoms. The standard InChI is InChI=1S/C61H70N8O3/c1-4-38-35-67-28-22-41(38)31-53(67)58(47-19-25-62-50-16-10-7-13-44(47)50)70-56-34-57(71-59(48-20-26-63-51-17-11-8-14-45(48)51)54-32-42-23-29-68(54)36-39(42)5-2)66-61(65-56)72-60(49-21-27-64-52-18-12-9-15-46(49)52)55-33-43-24-30-69(55)37-40(43)6-3/h7-21,25-27,34,38-43,53-55,58-60H,4-6,22-24,28-33,35-37H2,1-3H3/t38?,39?,40?,41?,42?,43?,53-,54+,55-,58+,59+,60+/m1/s1. The smallest absolute Gasteiger partial charge is 0.323 e. The molecule has 0 saturated carbocycles. The lowest BCUT2D eigenvalue weighted by Gasteiger charge is -2.52. The van der Waals surface area contributed by atoms with E-state index in [1.54, 1.807) is 0 Å². The summed E-state index contributed by atoms with van der Waals surface area (Å²) in [6, 6.07) is 34.6. The van der Waals surface area contributed by atoms with Crippen LogP contribution < -0.4 is 14.2 Å². The quantitative estimate of drug-likeness (QED) is 0.0981. The molecule has 7 aromatic rings. The Kier molecular flexibility index (Phi) is 12.5. The van der Waals surface area contributed by atoms with Gasteiger partial charge in [0.05, 0.1) is 40.7 Å². The van der Waals surface area contributed by atoms with E-state index in [-0.39, 0.29) is 42.4 Å². The monoisotopic (exact) mass is 963 g/mol. The highest BCUT2D eigenvalue weighted by Gasteiger charge is 2.48. The number of benzene rings is 3. The third-order valence-corrected chi connectivity index (χ3v) is 18.8. The fourth-order valence-electron chi connectivity index (χ4n) is 14.9. The van der Waals surface area contributed by atoms with Gasteiger partial charge in [-0.3, -0.25) is 29.7 Å². The van der Waals surface area contributed by atoms with E-state index >= 15 is 0 Å². The van der Waals surface area contributed by atoms with Crippen molar-refractivity contribution in [3.05, 3.63) is 132 Å². The van der Waals surface area contributed by atoms with Crippen molar-refractivity contribution in [1.82, 2.24) is 39.6 Å². The Bertz CT molecular complexity index is 2710. The molecule has 9 aliphatic rings. The Hall–Kier alpha value is -5.75. The van der Waals surface area contributed by atoms with Crippen LogP contribution in [-0.2, 0) is 0 Å². The zero-order valence-corrected chi connectivity index (χ0v) is 42.3. The minimum absolute atomic E-state index is 0.135. The minimum atomic E-state index is -0.362. The molecule has 11 nitrogen and oxygen atoms in total. The lowest BCUT2D eigenvalue weighted by atomic mass is 9.72. The number of hydrogen-bond donors (Lipinski definition) is 0. The Balaban J connectivity index is 0.958. The van der Waals surface area contributed by atoms with Crippen molar-refractivity contribution in [1.29, 1.82) is 0 Å². The van der Waals surface area contributed by atoms with Gasteiger partial charge in [-0.25, -0.2) is 0 Å². The maximum absolute atomic E-state index is 7.59. The molecule has 6 bridgehead atoms. The topological polar surface area (TPSA) is 102 Å². The molecule has 372 valence electrons. The van der Waals surface area contributed by atoms with E-state index in [9.17, 15) is 0 Å². The third kappa shape index (κ3) is 8.47. The van der Waals surface area contributed by atoms with Gasteiger partial charge in [0, 0.05) is 71.1 Å². The van der Waals surface area contributed by atoms with Crippen molar-refractivity contribution in [3.8, 4) is 17.8 Å². The highest BCUT2D eigenvalue weighted by molar-refractivity contribution is 5.84. The normalized spacial score (nSPS) is 30.9. The summed E-state index contributed by atoms with van der Waals surface area (Å²) in [5.41, 5.74) is 6.25. The number of aromatic nitrogens is 5. The average Bonchev–Trinajstić information content (AvgIpc) is 3.45. The minimum Gasteiger partial charge on any atom is -0.467 e. The maximum Gasteiger partial charge on any atom is 0.323 e. The predicted molar refractivity (Wildman–Crippen MR) is 283 cm³/mol. The predicted octanol–water partition coefficient (Wildman–Crippen LogP) is 11.8. The second kappa shape index (κ2) is 19.6. The van der Waals surface area contributed by atoms with Gasteiger partial charge in [0.25, 0.3) is 0 Å². The van der Waals surface area contributed by atoms with Gasteiger partial charge in [0.2, 0.25) is 11.8 Å². The van der Waals surface area contributed by atoms with Crippen molar-refractivity contribution in [2.45, 2.75) is 115 Å². The summed E-state index contributed by atoms with van der Waals surface area (Å²) in [6.45, 7) is 13.5. The van der Waals surface area contributed by atoms with Crippen molar-refractivity contribution >= 4 is 32.7 Å². The molecule has 11 heteroatoms. The van der Waals surface area contributed by atoms with E-state index in [0.29, 0.717) is 47.3 Å². The van der Waals surface area contributed by atoms with E-state index < -0.39 is 0 Å². The molecule has 16 rings (SSSR count). The van der Waals surface area contributed by atoms with Crippen molar-refractivity contribution < 1.29 is 14.2 Å². The summed E-state index contributed by atoms with van der Waals surface area (Å²) in [5.74, 6) is 4.96. The molecule has 4 aromatic heterocycles. The molecule has 0 N–H and O–H groups in total. The van der Waals surface area contributed by atoms with E-state index in [1.807, 2.05) is 24.7 Å². The van der Waals surface area contributed by atoms with Gasteiger partial charge in [-0.1, -0.05) is 94.6 Å². The second-order valence-electron chi connectivity index (χ2n) is 22.2. The second-order valence-corrected chi connectivity index (χ2v) is 22.2. The molecule has 0 aliphatic carbocycles. The molecule has 3 aromatic carbocycles. The number of nitrogens with zero attached hydrogens (tertiary/aromatic N) is 8. The first-order valence-corrected chi connectivity index (χ1v) is 27.6. The molecular formula is C61H70N8O3. The van der Waals surface area contributed by atoms with Gasteiger partial charge in [0.15, 0.2) is 0 Å².